The van der Waals surface area contributed by atoms with Crippen molar-refractivity contribution in [1.82, 2.24) is 4.98 Å². The molecule has 0 aliphatic carbocycles. The van der Waals surface area contributed by atoms with Crippen LogP contribution in [0.3, 0.4) is 0 Å². The lowest BCUT2D eigenvalue weighted by molar-refractivity contribution is -0.130. The molecule has 0 radical (unpaired) electrons. The molecule has 1 saturated heterocycles. The third-order valence-corrected chi connectivity index (χ3v) is 2.51. The van der Waals surface area contributed by atoms with Gasteiger partial charge in [0.1, 0.15) is 11.6 Å². The fourth-order valence-corrected chi connectivity index (χ4v) is 1.43. The summed E-state index contributed by atoms with van der Waals surface area (Å²) < 4.78 is 0. The van der Waals surface area contributed by atoms with Gasteiger partial charge in [-0.15, -0.1) is 0 Å². The molecule has 1 amide bonds. The van der Waals surface area contributed by atoms with E-state index in [9.17, 15) is 9.59 Å². The predicted molar refractivity (Wildman–Crippen MR) is 60.6 cm³/mol. The van der Waals surface area contributed by atoms with Crippen LogP contribution in [-0.4, -0.2) is 29.2 Å². The van der Waals surface area contributed by atoms with Gasteiger partial charge in [-0.3, -0.25) is 9.59 Å². The zero-order valence-electron chi connectivity index (χ0n) is 8.44. The number of carbonyl (C=O) groups excluding carboxylic acids is 2. The van der Waals surface area contributed by atoms with Crippen molar-refractivity contribution in [2.75, 3.05) is 23.3 Å². The maximum atomic E-state index is 11.0. The molecule has 1 N–H and O–H groups in total. The molecular weight excluding hydrogens is 230 g/mol. The molecular formula is C10H10ClN3O2. The van der Waals surface area contributed by atoms with Gasteiger partial charge in [0.05, 0.1) is 0 Å². The molecule has 0 atom stereocenters. The van der Waals surface area contributed by atoms with Crippen molar-refractivity contribution in [2.24, 2.45) is 0 Å². The smallest absolute Gasteiger partial charge is 0.310 e. The third-order valence-electron chi connectivity index (χ3n) is 2.33. The highest BCUT2D eigenvalue weighted by Crippen LogP contribution is 2.19. The molecule has 0 saturated carbocycles. The van der Waals surface area contributed by atoms with E-state index in [1.807, 2.05) is 6.07 Å². The summed E-state index contributed by atoms with van der Waals surface area (Å²) in [6.45, 7) is 1.94. The molecule has 1 aliphatic rings. The van der Waals surface area contributed by atoms with E-state index in [2.05, 4.69) is 15.2 Å². The van der Waals surface area contributed by atoms with Crippen molar-refractivity contribution in [3.05, 3.63) is 18.2 Å². The van der Waals surface area contributed by atoms with E-state index in [1.54, 1.807) is 12.1 Å². The van der Waals surface area contributed by atoms with E-state index in [4.69, 9.17) is 11.6 Å². The molecule has 2 rings (SSSR count). The Hall–Kier alpha value is -1.62. The van der Waals surface area contributed by atoms with Gasteiger partial charge in [-0.2, -0.15) is 0 Å². The molecule has 0 spiro atoms. The number of nitrogens with zero attached hydrogens (tertiary/aromatic N) is 2. The Bertz CT molecular complexity index is 432. The summed E-state index contributed by atoms with van der Waals surface area (Å²) in [5.74, 6) is 0.268. The van der Waals surface area contributed by atoms with Gasteiger partial charge in [-0.05, 0) is 30.2 Å². The highest BCUT2D eigenvalue weighted by Gasteiger charge is 2.16. The van der Waals surface area contributed by atoms with E-state index >= 15 is 0 Å². The van der Waals surface area contributed by atoms with Crippen LogP contribution in [0.4, 0.5) is 11.6 Å². The Morgan fingerprint density at radius 2 is 2.12 bits per heavy atom. The number of nitrogens with one attached hydrogen (secondary N) is 1. The van der Waals surface area contributed by atoms with E-state index in [-0.39, 0.29) is 0 Å². The number of pyridine rings is 1. The standard InChI is InChI=1S/C10H10ClN3O2/c11-9(15)10(16)13-7-3-1-4-8(12-7)14-5-2-6-14/h1,3-4H,2,5-6H2,(H,12,13,16). The monoisotopic (exact) mass is 239 g/mol. The first kappa shape index (κ1) is 10.9. The van der Waals surface area contributed by atoms with Crippen LogP contribution in [0.5, 0.6) is 0 Å². The second kappa shape index (κ2) is 4.49. The molecule has 5 nitrogen and oxygen atoms in total. The lowest BCUT2D eigenvalue weighted by atomic mass is 10.2. The first-order valence-electron chi connectivity index (χ1n) is 4.89. The van der Waals surface area contributed by atoms with Crippen LogP contribution in [0.25, 0.3) is 0 Å². The maximum absolute atomic E-state index is 11.0. The second-order valence-electron chi connectivity index (χ2n) is 3.45. The summed E-state index contributed by atoms with van der Waals surface area (Å²) in [6.07, 6.45) is 1.15. The molecule has 1 aliphatic heterocycles. The minimum atomic E-state index is -1.05. The molecule has 2 heterocycles. The Balaban J connectivity index is 2.09. The summed E-state index contributed by atoms with van der Waals surface area (Å²) in [7, 11) is 0. The number of aromatic nitrogens is 1. The van der Waals surface area contributed by atoms with Crippen molar-refractivity contribution < 1.29 is 9.59 Å². The second-order valence-corrected chi connectivity index (χ2v) is 3.79. The number of hydrogen-bond acceptors (Lipinski definition) is 4. The largest absolute Gasteiger partial charge is 0.356 e. The summed E-state index contributed by atoms with van der Waals surface area (Å²) in [5, 5.41) is 1.28. The number of rotatable bonds is 3. The average Bonchev–Trinajstić information content (AvgIpc) is 2.15. The highest BCUT2D eigenvalue weighted by molar-refractivity contribution is 6.82. The Kier molecular flexibility index (Phi) is 3.05. The first-order valence-corrected chi connectivity index (χ1v) is 5.27. The fraction of sp³-hybridized carbons (Fsp3) is 0.300. The molecule has 0 aromatic carbocycles. The van der Waals surface area contributed by atoms with Crippen LogP contribution >= 0.6 is 11.6 Å². The van der Waals surface area contributed by atoms with E-state index in [1.165, 1.54) is 0 Å². The third kappa shape index (κ3) is 2.30. The van der Waals surface area contributed by atoms with Crippen LogP contribution in [0.1, 0.15) is 6.42 Å². The zero-order chi connectivity index (χ0) is 11.5. The summed E-state index contributed by atoms with van der Waals surface area (Å²) in [4.78, 5) is 27.9. The van der Waals surface area contributed by atoms with Crippen molar-refractivity contribution in [3.63, 3.8) is 0 Å². The minimum absolute atomic E-state index is 0.336. The van der Waals surface area contributed by atoms with Crippen LogP contribution in [-0.2, 0) is 9.59 Å². The molecule has 1 aromatic rings. The lowest BCUT2D eigenvalue weighted by Crippen LogP contribution is -2.37. The fourth-order valence-electron chi connectivity index (χ4n) is 1.38. The molecule has 84 valence electrons. The average molecular weight is 240 g/mol. The summed E-state index contributed by atoms with van der Waals surface area (Å²) in [6, 6.07) is 5.24. The lowest BCUT2D eigenvalue weighted by Gasteiger charge is -2.32. The number of hydrogen-bond donors (Lipinski definition) is 1. The number of halogens is 1. The van der Waals surface area contributed by atoms with E-state index in [0.717, 1.165) is 25.3 Å². The van der Waals surface area contributed by atoms with Crippen LogP contribution in [0.2, 0.25) is 0 Å². The Morgan fingerprint density at radius 1 is 1.38 bits per heavy atom. The summed E-state index contributed by atoms with van der Waals surface area (Å²) in [5.41, 5.74) is 0. The molecule has 1 fully saturated rings. The van der Waals surface area contributed by atoms with Crippen molar-refractivity contribution >= 4 is 34.4 Å². The highest BCUT2D eigenvalue weighted by atomic mass is 35.5. The topological polar surface area (TPSA) is 62.3 Å². The van der Waals surface area contributed by atoms with Gasteiger partial charge in [0.15, 0.2) is 0 Å². The van der Waals surface area contributed by atoms with E-state index < -0.39 is 11.1 Å². The van der Waals surface area contributed by atoms with Crippen LogP contribution in [0.15, 0.2) is 18.2 Å². The summed E-state index contributed by atoms with van der Waals surface area (Å²) >= 11 is 5.03. The number of anilines is 2. The molecule has 6 heteroatoms. The van der Waals surface area contributed by atoms with E-state index in [0.29, 0.717) is 5.82 Å². The maximum Gasteiger partial charge on any atom is 0.310 e. The Labute approximate surface area is 97.4 Å². The minimum Gasteiger partial charge on any atom is -0.356 e. The van der Waals surface area contributed by atoms with Gasteiger partial charge in [0.25, 0.3) is 0 Å². The predicted octanol–water partition coefficient (Wildman–Crippen LogP) is 0.996. The van der Waals surface area contributed by atoms with Gasteiger partial charge < -0.3 is 10.2 Å². The molecule has 1 aromatic heterocycles. The van der Waals surface area contributed by atoms with Gasteiger partial charge in [-0.25, -0.2) is 4.98 Å². The molecule has 16 heavy (non-hydrogen) atoms. The quantitative estimate of drug-likeness (QED) is 0.631. The Morgan fingerprint density at radius 3 is 2.69 bits per heavy atom. The van der Waals surface area contributed by atoms with Crippen molar-refractivity contribution in [1.29, 1.82) is 0 Å². The first-order chi connectivity index (χ1) is 7.66. The zero-order valence-corrected chi connectivity index (χ0v) is 9.20. The van der Waals surface area contributed by atoms with Crippen LogP contribution < -0.4 is 10.2 Å². The molecule has 0 unspecified atom stereocenters. The normalized spacial score (nSPS) is 14.2. The van der Waals surface area contributed by atoms with Crippen LogP contribution in [0, 0.1) is 0 Å². The van der Waals surface area contributed by atoms with Gasteiger partial charge >= 0.3 is 11.1 Å². The van der Waals surface area contributed by atoms with Crippen molar-refractivity contribution in [3.8, 4) is 0 Å². The van der Waals surface area contributed by atoms with Gasteiger partial charge in [0, 0.05) is 13.1 Å². The van der Waals surface area contributed by atoms with Gasteiger partial charge in [0.2, 0.25) is 0 Å². The number of carbonyl (C=O) groups is 2. The molecule has 0 bridgehead atoms. The van der Waals surface area contributed by atoms with Gasteiger partial charge in [-0.1, -0.05) is 6.07 Å². The van der Waals surface area contributed by atoms with Crippen molar-refractivity contribution in [2.45, 2.75) is 6.42 Å². The number of amides is 1. The SMILES string of the molecule is O=C(Cl)C(=O)Nc1cccc(N2CCC2)n1.